The molecular formula is C50H29N5. The van der Waals surface area contributed by atoms with Crippen LogP contribution in [0, 0.1) is 13.1 Å². The molecule has 8 aromatic carbocycles. The maximum absolute atomic E-state index is 8.23. The molecule has 0 N–H and O–H groups in total. The van der Waals surface area contributed by atoms with Gasteiger partial charge in [0.05, 0.1) is 57.6 Å². The van der Waals surface area contributed by atoms with E-state index in [1.54, 1.807) is 0 Å². The Kier molecular flexibility index (Phi) is 6.61. The normalized spacial score (nSPS) is 11.6. The Balaban J connectivity index is 1.21. The summed E-state index contributed by atoms with van der Waals surface area (Å²) in [4.78, 5) is 7.72. The number of aromatic nitrogens is 3. The number of hydrogen-bond acceptors (Lipinski definition) is 0. The molecular weight excluding hydrogens is 671 g/mol. The second-order valence-corrected chi connectivity index (χ2v) is 13.9. The predicted octanol–water partition coefficient (Wildman–Crippen LogP) is 13.7. The van der Waals surface area contributed by atoms with E-state index in [-0.39, 0.29) is 0 Å². The van der Waals surface area contributed by atoms with E-state index in [1.165, 1.54) is 21.5 Å². The fraction of sp³-hybridized carbons (Fsp3) is 0. The standard InChI is InChI=1S/C50H29N5/c1-51-33-26-27-48-42(31-33)40-18-7-9-21-44(40)53(48)35-29-32(28-34(30-35)52-2)36-14-3-8-20-43(36)55-47-24-12-6-17-39(47)41-19-13-25-49(50(41)55)54-45-22-10-4-15-37(45)38-16-5-11-23-46(38)54/h3-31H. The Hall–Kier alpha value is -7.86. The van der Waals surface area contributed by atoms with Gasteiger partial charge < -0.3 is 13.7 Å². The van der Waals surface area contributed by atoms with Crippen molar-refractivity contribution in [2.75, 3.05) is 0 Å². The molecule has 0 aliphatic rings. The molecule has 0 unspecified atom stereocenters. The van der Waals surface area contributed by atoms with Crippen LogP contribution in [0.5, 0.6) is 0 Å². The highest BCUT2D eigenvalue weighted by Gasteiger charge is 2.22. The number of benzene rings is 8. The molecule has 11 aromatic rings. The van der Waals surface area contributed by atoms with Crippen LogP contribution in [-0.4, -0.2) is 13.7 Å². The van der Waals surface area contributed by atoms with Crippen molar-refractivity contribution in [3.05, 3.63) is 199 Å². The van der Waals surface area contributed by atoms with Crippen LogP contribution in [0.15, 0.2) is 176 Å². The molecule has 0 aliphatic heterocycles. The molecule has 5 heteroatoms. The SMILES string of the molecule is [C-]#[N+]c1cc(-c2ccccc2-n2c3ccccc3c3cccc(-n4c5ccccc5c5ccccc54)c32)cc(-n2c3ccccc3c3cc([N+]#[C-])ccc32)c1. The van der Waals surface area contributed by atoms with Gasteiger partial charge in [-0.2, -0.15) is 0 Å². The summed E-state index contributed by atoms with van der Waals surface area (Å²) in [6, 6.07) is 61.4. The van der Waals surface area contributed by atoms with E-state index in [0.29, 0.717) is 11.4 Å². The summed E-state index contributed by atoms with van der Waals surface area (Å²) in [6.45, 7) is 15.9. The molecule has 0 bridgehead atoms. The number of fused-ring (bicyclic) bond motifs is 9. The summed E-state index contributed by atoms with van der Waals surface area (Å²) < 4.78 is 7.04. The van der Waals surface area contributed by atoms with E-state index in [0.717, 1.165) is 72.1 Å². The van der Waals surface area contributed by atoms with Gasteiger partial charge in [0.25, 0.3) is 0 Å². The smallest absolute Gasteiger partial charge is 0.189 e. The average Bonchev–Trinajstić information content (AvgIpc) is 3.89. The van der Waals surface area contributed by atoms with Gasteiger partial charge >= 0.3 is 0 Å². The van der Waals surface area contributed by atoms with Crippen LogP contribution in [0.25, 0.3) is 103 Å². The van der Waals surface area contributed by atoms with Gasteiger partial charge in [-0.1, -0.05) is 109 Å². The van der Waals surface area contributed by atoms with Gasteiger partial charge in [-0.15, -0.1) is 0 Å². The lowest BCUT2D eigenvalue weighted by Gasteiger charge is -2.18. The zero-order valence-corrected chi connectivity index (χ0v) is 29.5. The quantitative estimate of drug-likeness (QED) is 0.163. The maximum atomic E-state index is 8.23. The first-order valence-corrected chi connectivity index (χ1v) is 18.3. The first-order valence-electron chi connectivity index (χ1n) is 18.3. The highest BCUT2D eigenvalue weighted by molar-refractivity contribution is 6.15. The minimum absolute atomic E-state index is 0.555. The second-order valence-electron chi connectivity index (χ2n) is 13.9. The Bertz CT molecular complexity index is 3420. The lowest BCUT2D eigenvalue weighted by Crippen LogP contribution is -2.02. The lowest BCUT2D eigenvalue weighted by molar-refractivity contribution is 1.13. The van der Waals surface area contributed by atoms with Crippen LogP contribution in [-0.2, 0) is 0 Å². The van der Waals surface area contributed by atoms with E-state index < -0.39 is 0 Å². The summed E-state index contributed by atoms with van der Waals surface area (Å²) in [5, 5.41) is 6.87. The minimum atomic E-state index is 0.555. The fourth-order valence-electron chi connectivity index (χ4n) is 8.78. The van der Waals surface area contributed by atoms with Crippen molar-refractivity contribution in [2.24, 2.45) is 0 Å². The van der Waals surface area contributed by atoms with Crippen LogP contribution < -0.4 is 0 Å². The minimum Gasteiger partial charge on any atom is -0.311 e. The molecule has 3 heterocycles. The molecule has 3 aromatic heterocycles. The maximum Gasteiger partial charge on any atom is 0.189 e. The van der Waals surface area contributed by atoms with Gasteiger partial charge in [0, 0.05) is 38.2 Å². The number of hydrogen-bond donors (Lipinski definition) is 0. The second kappa shape index (κ2) is 11.8. The van der Waals surface area contributed by atoms with Crippen LogP contribution in [0.4, 0.5) is 11.4 Å². The topological polar surface area (TPSA) is 23.5 Å². The van der Waals surface area contributed by atoms with Crippen molar-refractivity contribution in [2.45, 2.75) is 0 Å². The number of nitrogens with zero attached hydrogens (tertiary/aromatic N) is 5. The Morgan fingerprint density at radius 3 is 1.53 bits per heavy atom. The first kappa shape index (κ1) is 30.7. The van der Waals surface area contributed by atoms with Crippen molar-refractivity contribution < 1.29 is 0 Å². The average molecular weight is 700 g/mol. The van der Waals surface area contributed by atoms with E-state index in [9.17, 15) is 0 Å². The summed E-state index contributed by atoms with van der Waals surface area (Å²) in [7, 11) is 0. The molecule has 0 fully saturated rings. The van der Waals surface area contributed by atoms with Crippen molar-refractivity contribution in [3.8, 4) is 28.2 Å². The Labute approximate surface area is 316 Å². The largest absolute Gasteiger partial charge is 0.311 e. The zero-order chi connectivity index (χ0) is 36.6. The molecule has 55 heavy (non-hydrogen) atoms. The van der Waals surface area contributed by atoms with Crippen molar-refractivity contribution in [3.63, 3.8) is 0 Å². The molecule has 0 saturated heterocycles. The third-order valence-corrected chi connectivity index (χ3v) is 11.0. The van der Waals surface area contributed by atoms with E-state index in [1.807, 2.05) is 42.5 Å². The van der Waals surface area contributed by atoms with Gasteiger partial charge in [0.1, 0.15) is 0 Å². The Morgan fingerprint density at radius 2 is 0.855 bits per heavy atom. The van der Waals surface area contributed by atoms with Gasteiger partial charge in [-0.05, 0) is 77.7 Å². The summed E-state index contributed by atoms with van der Waals surface area (Å²) >= 11 is 0. The van der Waals surface area contributed by atoms with Gasteiger partial charge in [-0.3, -0.25) is 0 Å². The van der Waals surface area contributed by atoms with Crippen molar-refractivity contribution >= 4 is 76.8 Å². The van der Waals surface area contributed by atoms with Crippen LogP contribution in [0.2, 0.25) is 0 Å². The van der Waals surface area contributed by atoms with E-state index >= 15 is 0 Å². The van der Waals surface area contributed by atoms with Crippen molar-refractivity contribution in [1.82, 2.24) is 13.7 Å². The van der Waals surface area contributed by atoms with E-state index in [4.69, 9.17) is 13.1 Å². The van der Waals surface area contributed by atoms with Gasteiger partial charge in [0.15, 0.2) is 11.4 Å². The molecule has 11 rings (SSSR count). The van der Waals surface area contributed by atoms with Crippen LogP contribution in [0.1, 0.15) is 0 Å². The third-order valence-electron chi connectivity index (χ3n) is 11.0. The monoisotopic (exact) mass is 699 g/mol. The summed E-state index contributed by atoms with van der Waals surface area (Å²) in [6.07, 6.45) is 0. The lowest BCUT2D eigenvalue weighted by atomic mass is 10.0. The molecule has 0 saturated carbocycles. The summed E-state index contributed by atoms with van der Waals surface area (Å²) in [5.74, 6) is 0. The summed E-state index contributed by atoms with van der Waals surface area (Å²) in [5.41, 5.74) is 12.7. The zero-order valence-electron chi connectivity index (χ0n) is 29.5. The van der Waals surface area contributed by atoms with Gasteiger partial charge in [0.2, 0.25) is 0 Å². The molecule has 254 valence electrons. The predicted molar refractivity (Wildman–Crippen MR) is 227 cm³/mol. The highest BCUT2D eigenvalue weighted by Crippen LogP contribution is 2.43. The van der Waals surface area contributed by atoms with Crippen LogP contribution >= 0.6 is 0 Å². The molecule has 0 radical (unpaired) electrons. The first-order chi connectivity index (χ1) is 27.2. The highest BCUT2D eigenvalue weighted by atomic mass is 15.1. The fourth-order valence-corrected chi connectivity index (χ4v) is 8.78. The van der Waals surface area contributed by atoms with Gasteiger partial charge in [-0.25, -0.2) is 9.69 Å². The molecule has 0 aliphatic carbocycles. The van der Waals surface area contributed by atoms with Crippen LogP contribution in [0.3, 0.4) is 0 Å². The van der Waals surface area contributed by atoms with Crippen molar-refractivity contribution in [1.29, 1.82) is 0 Å². The molecule has 0 amide bonds. The number of rotatable bonds is 4. The molecule has 5 nitrogen and oxygen atoms in total. The molecule has 0 spiro atoms. The molecule has 0 atom stereocenters. The van der Waals surface area contributed by atoms with E-state index in [2.05, 4.69) is 157 Å². The third kappa shape index (κ3) is 4.45. The Morgan fingerprint density at radius 1 is 0.345 bits per heavy atom. The number of para-hydroxylation sites is 6.